The second-order valence-corrected chi connectivity index (χ2v) is 5.28. The van der Waals surface area contributed by atoms with E-state index in [1.807, 2.05) is 24.3 Å². The first-order valence-corrected chi connectivity index (χ1v) is 7.94. The average molecular weight is 323 g/mol. The zero-order chi connectivity index (χ0) is 17.0. The zero-order valence-electron chi connectivity index (χ0n) is 13.5. The maximum absolute atomic E-state index is 11.7. The zero-order valence-corrected chi connectivity index (χ0v) is 13.5. The third kappa shape index (κ3) is 6.51. The molecule has 2 rings (SSSR count). The van der Waals surface area contributed by atoms with Gasteiger partial charge in [0.15, 0.2) is 0 Å². The molecule has 2 aromatic rings. The van der Waals surface area contributed by atoms with E-state index in [0.29, 0.717) is 31.0 Å². The molecule has 5 nitrogen and oxygen atoms in total. The van der Waals surface area contributed by atoms with Crippen molar-refractivity contribution < 1.29 is 9.53 Å². The highest BCUT2D eigenvalue weighted by Gasteiger charge is 2.01. The van der Waals surface area contributed by atoms with Crippen LogP contribution in [0.4, 0.5) is 10.5 Å². The molecule has 0 unspecified atom stereocenters. The molecule has 2 aromatic carbocycles. The Morgan fingerprint density at radius 1 is 1.08 bits per heavy atom. The summed E-state index contributed by atoms with van der Waals surface area (Å²) in [5.74, 6) is 0. The number of carbonyl (C=O) groups excluding carboxylic acids is 1. The lowest BCUT2D eigenvalue weighted by Crippen LogP contribution is -2.30. The van der Waals surface area contributed by atoms with Gasteiger partial charge >= 0.3 is 6.03 Å². The number of ether oxygens (including phenoxy) is 1. The summed E-state index contributed by atoms with van der Waals surface area (Å²) in [6, 6.07) is 18.7. The van der Waals surface area contributed by atoms with Gasteiger partial charge in [0.25, 0.3) is 0 Å². The van der Waals surface area contributed by atoms with Gasteiger partial charge in [-0.25, -0.2) is 4.79 Å². The Labute approximate surface area is 142 Å². The minimum atomic E-state index is -0.283. The summed E-state index contributed by atoms with van der Waals surface area (Å²) < 4.78 is 5.56. The van der Waals surface area contributed by atoms with Gasteiger partial charge < -0.3 is 15.4 Å². The molecule has 0 aliphatic carbocycles. The lowest BCUT2D eigenvalue weighted by atomic mass is 10.2. The summed E-state index contributed by atoms with van der Waals surface area (Å²) in [7, 11) is 0. The number of nitrogens with one attached hydrogen (secondary N) is 2. The highest BCUT2D eigenvalue weighted by molar-refractivity contribution is 5.89. The number of hydrogen-bond donors (Lipinski definition) is 2. The number of amides is 2. The average Bonchev–Trinajstić information content (AvgIpc) is 2.62. The van der Waals surface area contributed by atoms with E-state index >= 15 is 0 Å². The van der Waals surface area contributed by atoms with Gasteiger partial charge in [0.1, 0.15) is 0 Å². The molecule has 5 heteroatoms. The van der Waals surface area contributed by atoms with Gasteiger partial charge in [0.2, 0.25) is 0 Å². The van der Waals surface area contributed by atoms with Gasteiger partial charge in [-0.15, -0.1) is 0 Å². The van der Waals surface area contributed by atoms with Crippen molar-refractivity contribution in [1.29, 1.82) is 5.26 Å². The van der Waals surface area contributed by atoms with E-state index in [0.717, 1.165) is 12.8 Å². The third-order valence-electron chi connectivity index (χ3n) is 3.38. The number of hydrogen-bond acceptors (Lipinski definition) is 3. The Hall–Kier alpha value is -2.84. The van der Waals surface area contributed by atoms with Crippen LogP contribution in [0.3, 0.4) is 0 Å². The fourth-order valence-electron chi connectivity index (χ4n) is 2.15. The van der Waals surface area contributed by atoms with E-state index < -0.39 is 0 Å². The van der Waals surface area contributed by atoms with E-state index in [1.54, 1.807) is 24.3 Å². The molecule has 0 aromatic heterocycles. The van der Waals surface area contributed by atoms with Crippen LogP contribution in [0.2, 0.25) is 0 Å². The molecule has 0 bridgehead atoms. The Balaban J connectivity index is 1.54. The predicted molar refractivity (Wildman–Crippen MR) is 93.8 cm³/mol. The lowest BCUT2D eigenvalue weighted by molar-refractivity contribution is 0.135. The van der Waals surface area contributed by atoms with Crippen molar-refractivity contribution in [3.63, 3.8) is 0 Å². The molecule has 0 aliphatic heterocycles. The first kappa shape index (κ1) is 17.5. The normalized spacial score (nSPS) is 9.96. The number of urea groups is 1. The van der Waals surface area contributed by atoms with Crippen LogP contribution < -0.4 is 10.6 Å². The molecule has 0 atom stereocenters. The molecule has 0 saturated heterocycles. The van der Waals surface area contributed by atoms with Crippen LogP contribution in [0.5, 0.6) is 0 Å². The van der Waals surface area contributed by atoms with Crippen molar-refractivity contribution in [3.05, 3.63) is 65.7 Å². The van der Waals surface area contributed by atoms with E-state index in [2.05, 4.69) is 22.8 Å². The molecule has 0 aliphatic rings. The second kappa shape index (κ2) is 10.0. The Bertz CT molecular complexity index is 681. The number of benzene rings is 2. The monoisotopic (exact) mass is 323 g/mol. The third-order valence-corrected chi connectivity index (χ3v) is 3.38. The van der Waals surface area contributed by atoms with E-state index in [-0.39, 0.29) is 6.03 Å². The number of carbonyl (C=O) groups is 1. The van der Waals surface area contributed by atoms with Gasteiger partial charge in [-0.1, -0.05) is 36.4 Å². The van der Waals surface area contributed by atoms with Crippen LogP contribution >= 0.6 is 0 Å². The van der Waals surface area contributed by atoms with Crippen molar-refractivity contribution in [2.24, 2.45) is 0 Å². The van der Waals surface area contributed by atoms with Gasteiger partial charge in [-0.3, -0.25) is 0 Å². The first-order chi connectivity index (χ1) is 11.8. The summed E-state index contributed by atoms with van der Waals surface area (Å²) in [5, 5.41) is 14.3. The molecule has 0 saturated carbocycles. The number of anilines is 1. The minimum Gasteiger partial charge on any atom is -0.381 e. The van der Waals surface area contributed by atoms with Gasteiger partial charge in [0.05, 0.1) is 18.2 Å². The summed E-state index contributed by atoms with van der Waals surface area (Å²) in [6.45, 7) is 1.82. The first-order valence-electron chi connectivity index (χ1n) is 7.94. The molecular weight excluding hydrogens is 302 g/mol. The lowest BCUT2D eigenvalue weighted by Gasteiger charge is -2.08. The van der Waals surface area contributed by atoms with Crippen LogP contribution in [0.25, 0.3) is 0 Å². The van der Waals surface area contributed by atoms with Crippen LogP contribution in [-0.2, 0) is 11.2 Å². The van der Waals surface area contributed by atoms with Crippen molar-refractivity contribution in [1.82, 2.24) is 5.32 Å². The standard InChI is InChI=1S/C19H21N3O2/c20-15-17-8-4-9-18(14-17)22-19(23)21-11-5-12-24-13-10-16-6-2-1-3-7-16/h1-4,6-9,14H,5,10-13H2,(H2,21,22,23). The molecule has 0 fully saturated rings. The van der Waals surface area contributed by atoms with Gasteiger partial charge in [-0.05, 0) is 36.6 Å². The topological polar surface area (TPSA) is 74.2 Å². The predicted octanol–water partition coefficient (Wildman–Crippen LogP) is 3.33. The van der Waals surface area contributed by atoms with Crippen LogP contribution in [-0.4, -0.2) is 25.8 Å². The van der Waals surface area contributed by atoms with Crippen molar-refractivity contribution in [2.75, 3.05) is 25.1 Å². The molecular formula is C19H21N3O2. The SMILES string of the molecule is N#Cc1cccc(NC(=O)NCCCOCCc2ccccc2)c1. The maximum atomic E-state index is 11.7. The Kier molecular flexibility index (Phi) is 7.32. The number of nitrogens with zero attached hydrogens (tertiary/aromatic N) is 1. The summed E-state index contributed by atoms with van der Waals surface area (Å²) in [6.07, 6.45) is 1.64. The Morgan fingerprint density at radius 2 is 1.92 bits per heavy atom. The van der Waals surface area contributed by atoms with Crippen molar-refractivity contribution >= 4 is 11.7 Å². The molecule has 24 heavy (non-hydrogen) atoms. The van der Waals surface area contributed by atoms with Gasteiger partial charge in [-0.2, -0.15) is 5.26 Å². The molecule has 124 valence electrons. The highest BCUT2D eigenvalue weighted by atomic mass is 16.5. The van der Waals surface area contributed by atoms with Crippen molar-refractivity contribution in [3.8, 4) is 6.07 Å². The second-order valence-electron chi connectivity index (χ2n) is 5.28. The van der Waals surface area contributed by atoms with Gasteiger partial charge in [0, 0.05) is 18.8 Å². The Morgan fingerprint density at radius 3 is 2.71 bits per heavy atom. The quantitative estimate of drug-likeness (QED) is 0.732. The number of nitriles is 1. The fraction of sp³-hybridized carbons (Fsp3) is 0.263. The van der Waals surface area contributed by atoms with E-state index in [1.165, 1.54) is 5.56 Å². The molecule has 0 spiro atoms. The summed E-state index contributed by atoms with van der Waals surface area (Å²) in [5.41, 5.74) is 2.37. The van der Waals surface area contributed by atoms with Crippen LogP contribution in [0.1, 0.15) is 17.5 Å². The van der Waals surface area contributed by atoms with E-state index in [4.69, 9.17) is 10.00 Å². The molecule has 0 heterocycles. The van der Waals surface area contributed by atoms with Crippen LogP contribution in [0, 0.1) is 11.3 Å². The molecule has 0 radical (unpaired) electrons. The maximum Gasteiger partial charge on any atom is 0.319 e. The highest BCUT2D eigenvalue weighted by Crippen LogP contribution is 2.09. The minimum absolute atomic E-state index is 0.283. The smallest absolute Gasteiger partial charge is 0.319 e. The summed E-state index contributed by atoms with van der Waals surface area (Å²) >= 11 is 0. The van der Waals surface area contributed by atoms with E-state index in [9.17, 15) is 4.79 Å². The summed E-state index contributed by atoms with van der Waals surface area (Å²) in [4.78, 5) is 11.7. The molecule has 2 amide bonds. The molecule has 2 N–H and O–H groups in total. The number of rotatable bonds is 8. The fourth-order valence-corrected chi connectivity index (χ4v) is 2.15. The largest absolute Gasteiger partial charge is 0.381 e. The van der Waals surface area contributed by atoms with Crippen molar-refractivity contribution in [2.45, 2.75) is 12.8 Å². The van der Waals surface area contributed by atoms with Crippen LogP contribution in [0.15, 0.2) is 54.6 Å².